The van der Waals surface area contributed by atoms with Crippen molar-refractivity contribution >= 4 is 44.6 Å². The third-order valence-corrected chi connectivity index (χ3v) is 4.46. The van der Waals surface area contributed by atoms with Crippen molar-refractivity contribution in [3.05, 3.63) is 38.8 Å². The molecule has 0 unspecified atom stereocenters. The number of thiazole rings is 1. The number of aromatic nitrogens is 1. The van der Waals surface area contributed by atoms with Crippen LogP contribution in [-0.2, 0) is 4.74 Å². The number of hydrogen-bond acceptors (Lipinski definition) is 7. The zero-order chi connectivity index (χ0) is 16.8. The summed E-state index contributed by atoms with van der Waals surface area (Å²) in [5.74, 6) is 0.392. The van der Waals surface area contributed by atoms with Crippen LogP contribution >= 0.6 is 27.3 Å². The van der Waals surface area contributed by atoms with Gasteiger partial charge >= 0.3 is 5.97 Å². The van der Waals surface area contributed by atoms with Gasteiger partial charge in [-0.3, -0.25) is 5.43 Å². The van der Waals surface area contributed by atoms with Crippen LogP contribution in [0.25, 0.3) is 0 Å². The number of nitrogens with one attached hydrogen (secondary N) is 1. The van der Waals surface area contributed by atoms with Gasteiger partial charge in [0.1, 0.15) is 10.6 Å². The molecule has 0 saturated heterocycles. The Balaban J connectivity index is 2.04. The molecule has 0 bridgehead atoms. The van der Waals surface area contributed by atoms with E-state index < -0.39 is 5.97 Å². The Morgan fingerprint density at radius 2 is 2.30 bits per heavy atom. The minimum absolute atomic E-state index is 0.396. The van der Waals surface area contributed by atoms with Gasteiger partial charge in [0, 0.05) is 0 Å². The molecule has 6 nitrogen and oxygen atoms in total. The minimum atomic E-state index is -0.396. The van der Waals surface area contributed by atoms with Crippen LogP contribution in [0.15, 0.2) is 27.8 Å². The van der Waals surface area contributed by atoms with Crippen molar-refractivity contribution < 1.29 is 14.3 Å². The van der Waals surface area contributed by atoms with Crippen molar-refractivity contribution in [3.63, 3.8) is 0 Å². The van der Waals surface area contributed by atoms with Gasteiger partial charge in [-0.05, 0) is 53.5 Å². The van der Waals surface area contributed by atoms with Gasteiger partial charge in [-0.2, -0.15) is 5.10 Å². The van der Waals surface area contributed by atoms with Crippen molar-refractivity contribution in [2.24, 2.45) is 5.10 Å². The number of carbonyl (C=O) groups excluding carboxylic acids is 1. The average Bonchev–Trinajstić information content (AvgIpc) is 2.90. The lowest BCUT2D eigenvalue weighted by Crippen LogP contribution is -1.99. The third kappa shape index (κ3) is 4.52. The monoisotopic (exact) mass is 397 g/mol. The normalized spacial score (nSPS) is 10.8. The van der Waals surface area contributed by atoms with E-state index in [9.17, 15) is 4.79 Å². The van der Waals surface area contributed by atoms with E-state index in [0.29, 0.717) is 22.3 Å². The predicted molar refractivity (Wildman–Crippen MR) is 94.7 cm³/mol. The summed E-state index contributed by atoms with van der Waals surface area (Å²) in [6, 6.07) is 5.68. The molecule has 1 heterocycles. The summed E-state index contributed by atoms with van der Waals surface area (Å²) in [5.41, 5.74) is 4.33. The first kappa shape index (κ1) is 17.4. The number of hydrogen-bond donors (Lipinski definition) is 1. The van der Waals surface area contributed by atoms with E-state index in [1.165, 1.54) is 18.4 Å². The molecule has 1 N–H and O–H groups in total. The molecule has 0 saturated carbocycles. The Morgan fingerprint density at radius 3 is 2.96 bits per heavy atom. The largest absolute Gasteiger partial charge is 0.493 e. The summed E-state index contributed by atoms with van der Waals surface area (Å²) >= 11 is 4.65. The quantitative estimate of drug-likeness (QED) is 0.455. The zero-order valence-electron chi connectivity index (χ0n) is 12.9. The maximum Gasteiger partial charge on any atom is 0.350 e. The molecule has 0 atom stereocenters. The van der Waals surface area contributed by atoms with Crippen molar-refractivity contribution in [3.8, 4) is 5.75 Å². The number of hydrazone groups is 1. The number of aryl methyl sites for hydroxylation is 1. The second kappa shape index (κ2) is 8.07. The van der Waals surface area contributed by atoms with Crippen LogP contribution in [0.2, 0.25) is 0 Å². The first-order valence-electron chi connectivity index (χ1n) is 6.82. The molecule has 0 aliphatic carbocycles. The number of ether oxygens (including phenoxy) is 2. The van der Waals surface area contributed by atoms with Crippen LogP contribution in [0.5, 0.6) is 5.75 Å². The molecular weight excluding hydrogens is 382 g/mol. The molecule has 2 rings (SSSR count). The molecule has 2 aromatic rings. The average molecular weight is 398 g/mol. The van der Waals surface area contributed by atoms with Gasteiger partial charge in [0.05, 0.1) is 30.1 Å². The van der Waals surface area contributed by atoms with E-state index in [2.05, 4.69) is 31.4 Å². The maximum absolute atomic E-state index is 11.5. The Morgan fingerprint density at radius 1 is 1.52 bits per heavy atom. The summed E-state index contributed by atoms with van der Waals surface area (Å²) in [6.45, 7) is 4.30. The Bertz CT molecular complexity index is 731. The smallest absolute Gasteiger partial charge is 0.350 e. The van der Waals surface area contributed by atoms with Gasteiger partial charge in [-0.1, -0.05) is 11.3 Å². The van der Waals surface area contributed by atoms with Gasteiger partial charge in [-0.15, -0.1) is 0 Å². The Labute approximate surface area is 146 Å². The number of anilines is 1. The van der Waals surface area contributed by atoms with Gasteiger partial charge in [0.2, 0.25) is 5.13 Å². The number of benzene rings is 1. The summed E-state index contributed by atoms with van der Waals surface area (Å²) in [5, 5.41) is 4.66. The van der Waals surface area contributed by atoms with Gasteiger partial charge in [0.15, 0.2) is 0 Å². The van der Waals surface area contributed by atoms with Gasteiger partial charge < -0.3 is 9.47 Å². The predicted octanol–water partition coefficient (Wildman–Crippen LogP) is 3.85. The van der Waals surface area contributed by atoms with E-state index in [4.69, 9.17) is 9.47 Å². The topological polar surface area (TPSA) is 72.8 Å². The third-order valence-electron chi connectivity index (χ3n) is 2.80. The second-order valence-corrected chi connectivity index (χ2v) is 6.27. The SMILES string of the molecule is CCOc1ccc(/C=N\Nc2nc(C)c(C(=O)OC)s2)cc1Br. The highest BCUT2D eigenvalue weighted by atomic mass is 79.9. The molecule has 8 heteroatoms. The first-order valence-corrected chi connectivity index (χ1v) is 8.43. The van der Waals surface area contributed by atoms with Crippen LogP contribution in [-0.4, -0.2) is 30.9 Å². The number of carbonyl (C=O) groups is 1. The molecule has 1 aromatic carbocycles. The molecule has 23 heavy (non-hydrogen) atoms. The fourth-order valence-electron chi connectivity index (χ4n) is 1.76. The van der Waals surface area contributed by atoms with Crippen molar-refractivity contribution in [1.82, 2.24) is 4.98 Å². The zero-order valence-corrected chi connectivity index (χ0v) is 15.3. The van der Waals surface area contributed by atoms with Gasteiger partial charge in [-0.25, -0.2) is 9.78 Å². The molecule has 0 aliphatic rings. The van der Waals surface area contributed by atoms with Gasteiger partial charge in [0.25, 0.3) is 0 Å². The highest BCUT2D eigenvalue weighted by Gasteiger charge is 2.15. The minimum Gasteiger partial charge on any atom is -0.493 e. The maximum atomic E-state index is 11.5. The molecule has 1 aromatic heterocycles. The number of nitrogens with zero attached hydrogens (tertiary/aromatic N) is 2. The lowest BCUT2D eigenvalue weighted by atomic mass is 10.2. The van der Waals surface area contributed by atoms with Crippen molar-refractivity contribution in [2.45, 2.75) is 13.8 Å². The molecule has 0 fully saturated rings. The van der Waals surface area contributed by atoms with Crippen LogP contribution in [0.1, 0.15) is 27.9 Å². The number of halogens is 1. The lowest BCUT2D eigenvalue weighted by Gasteiger charge is -2.05. The number of esters is 1. The van der Waals surface area contributed by atoms with Crippen LogP contribution < -0.4 is 10.2 Å². The number of methoxy groups -OCH3 is 1. The Hall–Kier alpha value is -1.93. The molecule has 0 amide bonds. The van der Waals surface area contributed by atoms with Crippen molar-refractivity contribution in [2.75, 3.05) is 19.1 Å². The van der Waals surface area contributed by atoms with E-state index in [1.54, 1.807) is 13.1 Å². The summed E-state index contributed by atoms with van der Waals surface area (Å²) in [4.78, 5) is 16.2. The first-order chi connectivity index (χ1) is 11.0. The highest BCUT2D eigenvalue weighted by molar-refractivity contribution is 9.10. The van der Waals surface area contributed by atoms with E-state index in [1.807, 2.05) is 25.1 Å². The standard InChI is InChI=1S/C15H16BrN3O3S/c1-4-22-12-6-5-10(7-11(12)16)8-17-19-15-18-9(2)13(23-15)14(20)21-3/h5-8H,4H2,1-3H3,(H,18,19)/b17-8-. The molecule has 0 spiro atoms. The number of rotatable bonds is 6. The van der Waals surface area contributed by atoms with Crippen LogP contribution in [0.3, 0.4) is 0 Å². The van der Waals surface area contributed by atoms with E-state index in [-0.39, 0.29) is 0 Å². The summed E-state index contributed by atoms with van der Waals surface area (Å²) < 4.78 is 11.0. The fraction of sp³-hybridized carbons (Fsp3) is 0.267. The van der Waals surface area contributed by atoms with Crippen LogP contribution in [0, 0.1) is 6.92 Å². The fourth-order valence-corrected chi connectivity index (χ4v) is 3.10. The van der Waals surface area contributed by atoms with E-state index in [0.717, 1.165) is 15.8 Å². The summed E-state index contributed by atoms with van der Waals surface area (Å²) in [7, 11) is 1.34. The Kier molecular flexibility index (Phi) is 6.12. The molecule has 0 radical (unpaired) electrons. The highest BCUT2D eigenvalue weighted by Crippen LogP contribution is 2.26. The second-order valence-electron chi connectivity index (χ2n) is 4.42. The summed E-state index contributed by atoms with van der Waals surface area (Å²) in [6.07, 6.45) is 1.66. The van der Waals surface area contributed by atoms with E-state index >= 15 is 0 Å². The van der Waals surface area contributed by atoms with Crippen LogP contribution in [0.4, 0.5) is 5.13 Å². The molecule has 0 aliphatic heterocycles. The lowest BCUT2D eigenvalue weighted by molar-refractivity contribution is 0.0605. The molecular formula is C15H16BrN3O3S. The molecule has 122 valence electrons. The van der Waals surface area contributed by atoms with Crippen molar-refractivity contribution in [1.29, 1.82) is 0 Å².